The van der Waals surface area contributed by atoms with E-state index in [1.165, 1.54) is 6.07 Å². The summed E-state index contributed by atoms with van der Waals surface area (Å²) < 4.78 is 27.7. The van der Waals surface area contributed by atoms with E-state index in [0.29, 0.717) is 17.9 Å². The smallest absolute Gasteiger partial charge is 0.265 e. The zero-order valence-corrected chi connectivity index (χ0v) is 10.8. The standard InChI is InChI=1S/C13H16F2N4/c1-18(7-9-6-17-19(2)8-9)12-4-3-10(16)5-11(12)13(14)15/h3-6,8,13H,7,16H2,1-2H3. The normalized spacial score (nSPS) is 11.0. The van der Waals surface area contributed by atoms with Crippen molar-refractivity contribution in [3.05, 3.63) is 41.7 Å². The van der Waals surface area contributed by atoms with E-state index in [1.807, 2.05) is 13.2 Å². The van der Waals surface area contributed by atoms with E-state index in [2.05, 4.69) is 5.10 Å². The second-order valence-electron chi connectivity index (χ2n) is 4.50. The number of rotatable bonds is 4. The summed E-state index contributed by atoms with van der Waals surface area (Å²) in [5, 5.41) is 4.06. The molecule has 19 heavy (non-hydrogen) atoms. The largest absolute Gasteiger partial charge is 0.399 e. The van der Waals surface area contributed by atoms with Crippen LogP contribution in [0.25, 0.3) is 0 Å². The van der Waals surface area contributed by atoms with E-state index in [1.54, 1.807) is 35.0 Å². The molecule has 0 bridgehead atoms. The minimum absolute atomic E-state index is 0.0496. The Morgan fingerprint density at radius 3 is 2.74 bits per heavy atom. The molecule has 0 aliphatic rings. The zero-order valence-electron chi connectivity index (χ0n) is 10.8. The van der Waals surface area contributed by atoms with Crippen molar-refractivity contribution in [2.45, 2.75) is 13.0 Å². The van der Waals surface area contributed by atoms with Gasteiger partial charge in [-0.2, -0.15) is 5.10 Å². The van der Waals surface area contributed by atoms with Crippen LogP contribution in [0.2, 0.25) is 0 Å². The lowest BCUT2D eigenvalue weighted by Crippen LogP contribution is -2.18. The minimum Gasteiger partial charge on any atom is -0.399 e. The number of nitrogen functional groups attached to an aromatic ring is 1. The van der Waals surface area contributed by atoms with Crippen molar-refractivity contribution in [2.75, 3.05) is 17.7 Å². The Labute approximate surface area is 110 Å². The second-order valence-corrected chi connectivity index (χ2v) is 4.50. The molecule has 0 aliphatic heterocycles. The fourth-order valence-corrected chi connectivity index (χ4v) is 2.01. The van der Waals surface area contributed by atoms with Crippen molar-refractivity contribution in [2.24, 2.45) is 7.05 Å². The maximum atomic E-state index is 13.0. The van der Waals surface area contributed by atoms with Crippen molar-refractivity contribution >= 4 is 11.4 Å². The van der Waals surface area contributed by atoms with Gasteiger partial charge >= 0.3 is 0 Å². The average Bonchev–Trinajstić information content (AvgIpc) is 2.74. The zero-order chi connectivity index (χ0) is 14.0. The summed E-state index contributed by atoms with van der Waals surface area (Å²) in [6, 6.07) is 4.56. The highest BCUT2D eigenvalue weighted by atomic mass is 19.3. The van der Waals surface area contributed by atoms with Crippen LogP contribution in [0.1, 0.15) is 17.6 Å². The Balaban J connectivity index is 2.25. The molecule has 0 saturated carbocycles. The molecule has 0 atom stereocenters. The summed E-state index contributed by atoms with van der Waals surface area (Å²) in [5.74, 6) is 0. The number of hydrogen-bond acceptors (Lipinski definition) is 3. The Kier molecular flexibility index (Phi) is 3.69. The molecule has 1 aromatic heterocycles. The van der Waals surface area contributed by atoms with Gasteiger partial charge in [-0.1, -0.05) is 0 Å². The number of hydrogen-bond donors (Lipinski definition) is 1. The first-order valence-electron chi connectivity index (χ1n) is 5.83. The van der Waals surface area contributed by atoms with Crippen molar-refractivity contribution in [1.29, 1.82) is 0 Å². The first-order valence-corrected chi connectivity index (χ1v) is 5.83. The third kappa shape index (κ3) is 3.01. The third-order valence-electron chi connectivity index (χ3n) is 2.88. The van der Waals surface area contributed by atoms with Gasteiger partial charge < -0.3 is 10.6 Å². The van der Waals surface area contributed by atoms with Crippen LogP contribution in [-0.2, 0) is 13.6 Å². The van der Waals surface area contributed by atoms with Gasteiger partial charge in [-0.15, -0.1) is 0 Å². The quantitative estimate of drug-likeness (QED) is 0.865. The van der Waals surface area contributed by atoms with Crippen molar-refractivity contribution in [3.8, 4) is 0 Å². The highest BCUT2D eigenvalue weighted by molar-refractivity contribution is 5.60. The van der Waals surface area contributed by atoms with Gasteiger partial charge in [0.15, 0.2) is 0 Å². The number of alkyl halides is 2. The molecule has 2 aromatic rings. The first kappa shape index (κ1) is 13.3. The van der Waals surface area contributed by atoms with Crippen LogP contribution in [0.4, 0.5) is 20.2 Å². The monoisotopic (exact) mass is 266 g/mol. The predicted octanol–water partition coefficient (Wildman–Crippen LogP) is 2.58. The van der Waals surface area contributed by atoms with E-state index in [9.17, 15) is 8.78 Å². The maximum absolute atomic E-state index is 13.0. The number of nitrogens with two attached hydrogens (primary N) is 1. The van der Waals surface area contributed by atoms with Gasteiger partial charge in [0.05, 0.1) is 6.20 Å². The summed E-state index contributed by atoms with van der Waals surface area (Å²) in [5.41, 5.74) is 7.29. The van der Waals surface area contributed by atoms with E-state index in [-0.39, 0.29) is 5.56 Å². The molecule has 1 aromatic carbocycles. The number of halogens is 2. The second kappa shape index (κ2) is 5.26. The van der Waals surface area contributed by atoms with Crippen molar-refractivity contribution in [1.82, 2.24) is 9.78 Å². The van der Waals surface area contributed by atoms with Crippen LogP contribution < -0.4 is 10.6 Å². The van der Waals surface area contributed by atoms with Crippen LogP contribution in [0.3, 0.4) is 0 Å². The molecule has 1 heterocycles. The number of aromatic nitrogens is 2. The Morgan fingerprint density at radius 2 is 2.16 bits per heavy atom. The first-order chi connectivity index (χ1) is 8.97. The summed E-state index contributed by atoms with van der Waals surface area (Å²) in [6.45, 7) is 0.511. The van der Waals surface area contributed by atoms with Crippen LogP contribution in [0.5, 0.6) is 0 Å². The molecule has 4 nitrogen and oxygen atoms in total. The third-order valence-corrected chi connectivity index (χ3v) is 2.88. The molecule has 0 fully saturated rings. The Morgan fingerprint density at radius 1 is 1.42 bits per heavy atom. The molecule has 0 spiro atoms. The van der Waals surface area contributed by atoms with Gasteiger partial charge in [0.2, 0.25) is 0 Å². The number of benzene rings is 1. The Bertz CT molecular complexity index is 566. The summed E-state index contributed by atoms with van der Waals surface area (Å²) >= 11 is 0. The lowest BCUT2D eigenvalue weighted by Gasteiger charge is -2.22. The Hall–Kier alpha value is -2.11. The predicted molar refractivity (Wildman–Crippen MR) is 71.1 cm³/mol. The molecule has 0 aliphatic carbocycles. The number of aryl methyl sites for hydroxylation is 1. The van der Waals surface area contributed by atoms with E-state index >= 15 is 0 Å². The summed E-state index contributed by atoms with van der Waals surface area (Å²) in [4.78, 5) is 1.76. The van der Waals surface area contributed by atoms with Gasteiger partial charge in [0.25, 0.3) is 6.43 Å². The highest BCUT2D eigenvalue weighted by Crippen LogP contribution is 2.31. The summed E-state index contributed by atoms with van der Waals surface area (Å²) in [7, 11) is 3.59. The molecular formula is C13H16F2N4. The molecule has 102 valence electrons. The van der Waals surface area contributed by atoms with E-state index in [0.717, 1.165) is 5.56 Å². The molecule has 0 radical (unpaired) electrons. The fourth-order valence-electron chi connectivity index (χ4n) is 2.01. The SMILES string of the molecule is CN(Cc1cnn(C)c1)c1ccc(N)cc1C(F)F. The summed E-state index contributed by atoms with van der Waals surface area (Å²) in [6.07, 6.45) is 1.03. The molecule has 0 amide bonds. The molecular weight excluding hydrogens is 250 g/mol. The number of anilines is 2. The molecule has 0 saturated heterocycles. The minimum atomic E-state index is -2.55. The number of nitrogens with zero attached hydrogens (tertiary/aromatic N) is 3. The van der Waals surface area contributed by atoms with Crippen molar-refractivity contribution in [3.63, 3.8) is 0 Å². The molecule has 6 heteroatoms. The van der Waals surface area contributed by atoms with Gasteiger partial charge in [0.1, 0.15) is 0 Å². The molecule has 2 N–H and O–H groups in total. The average molecular weight is 266 g/mol. The van der Waals surface area contributed by atoms with Crippen LogP contribution in [-0.4, -0.2) is 16.8 Å². The topological polar surface area (TPSA) is 47.1 Å². The molecule has 0 unspecified atom stereocenters. The van der Waals surface area contributed by atoms with Crippen LogP contribution in [0, 0.1) is 0 Å². The molecule has 2 rings (SSSR count). The van der Waals surface area contributed by atoms with Gasteiger partial charge in [-0.05, 0) is 18.2 Å². The van der Waals surface area contributed by atoms with Crippen LogP contribution >= 0.6 is 0 Å². The lowest BCUT2D eigenvalue weighted by atomic mass is 10.1. The van der Waals surface area contributed by atoms with Gasteiger partial charge in [-0.3, -0.25) is 4.68 Å². The highest BCUT2D eigenvalue weighted by Gasteiger charge is 2.16. The van der Waals surface area contributed by atoms with E-state index < -0.39 is 6.43 Å². The van der Waals surface area contributed by atoms with Crippen molar-refractivity contribution < 1.29 is 8.78 Å². The maximum Gasteiger partial charge on any atom is 0.265 e. The lowest BCUT2D eigenvalue weighted by molar-refractivity contribution is 0.152. The van der Waals surface area contributed by atoms with E-state index in [4.69, 9.17) is 5.73 Å². The van der Waals surface area contributed by atoms with Gasteiger partial charge in [0, 0.05) is 49.3 Å². The fraction of sp³-hybridized carbons (Fsp3) is 0.308. The van der Waals surface area contributed by atoms with Crippen LogP contribution in [0.15, 0.2) is 30.6 Å². The van der Waals surface area contributed by atoms with Gasteiger partial charge in [-0.25, -0.2) is 8.78 Å².